The fourth-order valence-electron chi connectivity index (χ4n) is 3.25. The third kappa shape index (κ3) is 5.11. The normalized spacial score (nSPS) is 30.4. The highest BCUT2D eigenvalue weighted by Gasteiger charge is 2.51. The lowest BCUT2D eigenvalue weighted by molar-refractivity contribution is -0.336. The van der Waals surface area contributed by atoms with E-state index in [1.165, 1.54) is 0 Å². The van der Waals surface area contributed by atoms with Gasteiger partial charge in [0.15, 0.2) is 11.9 Å². The van der Waals surface area contributed by atoms with Crippen molar-refractivity contribution in [1.29, 1.82) is 0 Å². The van der Waals surface area contributed by atoms with Gasteiger partial charge in [-0.25, -0.2) is 9.59 Å². The van der Waals surface area contributed by atoms with Crippen LogP contribution in [0.3, 0.4) is 0 Å². The second-order valence-corrected chi connectivity index (χ2v) is 6.39. The van der Waals surface area contributed by atoms with Crippen LogP contribution < -0.4 is 0 Å². The molecule has 0 aliphatic carbocycles. The summed E-state index contributed by atoms with van der Waals surface area (Å²) < 4.78 is 22.4. The monoisotopic (exact) mass is 362 g/mol. The Hall–Kier alpha value is -1.26. The molecule has 0 aromatic rings. The summed E-state index contributed by atoms with van der Waals surface area (Å²) in [6, 6.07) is 0. The number of ether oxygens (including phenoxy) is 4. The molecule has 0 amide bonds. The SMILES string of the molecule is CCC1(CC)O[C@@H](COCC(=O)O)C[C@@H]([C@@H]([C@@H]2CO2)[C@H](O)C(=O)O)O1. The zero-order chi connectivity index (χ0) is 18.6. The van der Waals surface area contributed by atoms with Crippen molar-refractivity contribution in [1.82, 2.24) is 0 Å². The number of aliphatic carboxylic acids is 2. The Morgan fingerprint density at radius 3 is 2.32 bits per heavy atom. The van der Waals surface area contributed by atoms with Gasteiger partial charge in [0, 0.05) is 6.42 Å². The van der Waals surface area contributed by atoms with Crippen molar-refractivity contribution in [2.45, 2.75) is 63.3 Å². The van der Waals surface area contributed by atoms with E-state index in [9.17, 15) is 19.8 Å². The molecule has 0 bridgehead atoms. The molecule has 3 N–H and O–H groups in total. The number of carbonyl (C=O) groups is 2. The Kier molecular flexibility index (Phi) is 6.75. The minimum Gasteiger partial charge on any atom is -0.480 e. The van der Waals surface area contributed by atoms with Crippen LogP contribution in [0.1, 0.15) is 33.1 Å². The molecular formula is C16H26O9. The Bertz CT molecular complexity index is 472. The smallest absolute Gasteiger partial charge is 0.333 e. The molecule has 2 heterocycles. The van der Waals surface area contributed by atoms with Crippen LogP contribution in [-0.4, -0.2) is 77.3 Å². The molecule has 2 rings (SSSR count). The highest BCUT2D eigenvalue weighted by molar-refractivity contribution is 5.72. The molecule has 2 aliphatic heterocycles. The van der Waals surface area contributed by atoms with Gasteiger partial charge in [-0.2, -0.15) is 0 Å². The minimum atomic E-state index is -1.61. The van der Waals surface area contributed by atoms with Gasteiger partial charge in [0.25, 0.3) is 0 Å². The average Bonchev–Trinajstić information content (AvgIpc) is 3.39. The molecule has 0 aromatic carbocycles. The van der Waals surface area contributed by atoms with Crippen molar-refractivity contribution in [3.8, 4) is 0 Å². The third-order valence-electron chi connectivity index (χ3n) is 4.68. The lowest BCUT2D eigenvalue weighted by atomic mass is 9.87. The van der Waals surface area contributed by atoms with Crippen LogP contribution in [0.5, 0.6) is 0 Å². The van der Waals surface area contributed by atoms with Crippen LogP contribution in [0.15, 0.2) is 0 Å². The highest BCUT2D eigenvalue weighted by atomic mass is 16.7. The van der Waals surface area contributed by atoms with Gasteiger partial charge in [0.1, 0.15) is 6.61 Å². The Morgan fingerprint density at radius 2 is 1.84 bits per heavy atom. The zero-order valence-electron chi connectivity index (χ0n) is 14.4. The molecule has 2 fully saturated rings. The van der Waals surface area contributed by atoms with Crippen LogP contribution in [-0.2, 0) is 28.5 Å². The first-order valence-electron chi connectivity index (χ1n) is 8.49. The molecule has 25 heavy (non-hydrogen) atoms. The number of aliphatic hydroxyl groups excluding tert-OH is 1. The molecule has 0 unspecified atom stereocenters. The van der Waals surface area contributed by atoms with Crippen LogP contribution in [0, 0.1) is 5.92 Å². The van der Waals surface area contributed by atoms with E-state index >= 15 is 0 Å². The summed E-state index contributed by atoms with van der Waals surface area (Å²) in [5.74, 6) is -4.05. The predicted octanol–water partition coefficient (Wildman–Crippen LogP) is 0.239. The molecule has 2 saturated heterocycles. The Balaban J connectivity index is 2.13. The van der Waals surface area contributed by atoms with Crippen LogP contribution in [0.25, 0.3) is 0 Å². The van der Waals surface area contributed by atoms with E-state index in [2.05, 4.69) is 0 Å². The van der Waals surface area contributed by atoms with Crippen molar-refractivity contribution in [3.05, 3.63) is 0 Å². The van der Waals surface area contributed by atoms with Gasteiger partial charge < -0.3 is 34.3 Å². The fraction of sp³-hybridized carbons (Fsp3) is 0.875. The maximum atomic E-state index is 11.3. The van der Waals surface area contributed by atoms with Crippen LogP contribution in [0.2, 0.25) is 0 Å². The zero-order valence-corrected chi connectivity index (χ0v) is 14.4. The predicted molar refractivity (Wildman–Crippen MR) is 83.0 cm³/mol. The van der Waals surface area contributed by atoms with E-state index in [-0.39, 0.29) is 19.1 Å². The van der Waals surface area contributed by atoms with Gasteiger partial charge in [-0.15, -0.1) is 0 Å². The number of carboxylic acid groups (broad SMARTS) is 2. The second-order valence-electron chi connectivity index (χ2n) is 6.39. The molecule has 0 saturated carbocycles. The Morgan fingerprint density at radius 1 is 1.20 bits per heavy atom. The molecule has 0 aromatic heterocycles. The number of aliphatic hydroxyl groups is 1. The maximum Gasteiger partial charge on any atom is 0.333 e. The summed E-state index contributed by atoms with van der Waals surface area (Å²) in [7, 11) is 0. The largest absolute Gasteiger partial charge is 0.480 e. The van der Waals surface area contributed by atoms with Crippen molar-refractivity contribution in [2.24, 2.45) is 5.92 Å². The fourth-order valence-corrected chi connectivity index (χ4v) is 3.25. The van der Waals surface area contributed by atoms with Crippen molar-refractivity contribution in [3.63, 3.8) is 0 Å². The van der Waals surface area contributed by atoms with Gasteiger partial charge in [-0.3, -0.25) is 0 Å². The molecule has 144 valence electrons. The van der Waals surface area contributed by atoms with E-state index in [4.69, 9.17) is 24.1 Å². The van der Waals surface area contributed by atoms with Gasteiger partial charge in [0.2, 0.25) is 0 Å². The summed E-state index contributed by atoms with van der Waals surface area (Å²) in [6.45, 7) is 3.76. The molecule has 9 heteroatoms. The number of hydrogen-bond donors (Lipinski definition) is 3. The Labute approximate surface area is 145 Å². The highest BCUT2D eigenvalue weighted by Crippen LogP contribution is 2.40. The van der Waals surface area contributed by atoms with E-state index in [1.807, 2.05) is 13.8 Å². The first kappa shape index (κ1) is 20.1. The maximum absolute atomic E-state index is 11.3. The summed E-state index contributed by atoms with van der Waals surface area (Å²) in [6.07, 6.45) is -1.70. The van der Waals surface area contributed by atoms with E-state index in [0.29, 0.717) is 19.4 Å². The standard InChI is InChI=1S/C16H26O9/c1-3-16(4-2)24-9(6-22-8-12(17)18)5-10(25-16)13(11-7-23-11)14(19)15(20)21/h9-11,13-14,19H,3-8H2,1-2H3,(H,17,18)(H,20,21)/t9-,10+,11+,13+,14+/m1/s1. The minimum absolute atomic E-state index is 0.0509. The van der Waals surface area contributed by atoms with Gasteiger partial charge >= 0.3 is 11.9 Å². The summed E-state index contributed by atoms with van der Waals surface area (Å²) in [5, 5.41) is 28.0. The molecular weight excluding hydrogens is 336 g/mol. The summed E-state index contributed by atoms with van der Waals surface area (Å²) in [4.78, 5) is 21.9. The number of hydrogen-bond acceptors (Lipinski definition) is 7. The van der Waals surface area contributed by atoms with Gasteiger partial charge in [-0.1, -0.05) is 13.8 Å². The molecule has 0 spiro atoms. The molecule has 0 radical (unpaired) electrons. The van der Waals surface area contributed by atoms with E-state index < -0.39 is 48.6 Å². The lowest BCUT2D eigenvalue weighted by Crippen LogP contribution is -2.55. The van der Waals surface area contributed by atoms with E-state index in [1.54, 1.807) is 0 Å². The van der Waals surface area contributed by atoms with E-state index in [0.717, 1.165) is 0 Å². The van der Waals surface area contributed by atoms with Crippen molar-refractivity contribution in [2.75, 3.05) is 19.8 Å². The quantitative estimate of drug-likeness (QED) is 0.467. The lowest BCUT2D eigenvalue weighted by Gasteiger charge is -2.46. The first-order chi connectivity index (χ1) is 11.8. The summed E-state index contributed by atoms with van der Waals surface area (Å²) >= 11 is 0. The van der Waals surface area contributed by atoms with Crippen LogP contribution >= 0.6 is 0 Å². The first-order valence-corrected chi connectivity index (χ1v) is 8.49. The topological polar surface area (TPSA) is 135 Å². The molecule has 2 aliphatic rings. The van der Waals surface area contributed by atoms with Crippen molar-refractivity contribution >= 4 is 11.9 Å². The second kappa shape index (κ2) is 8.41. The number of carboxylic acids is 2. The van der Waals surface area contributed by atoms with Crippen molar-refractivity contribution < 1.29 is 43.9 Å². The molecule has 5 atom stereocenters. The van der Waals surface area contributed by atoms with Gasteiger partial charge in [-0.05, 0) is 12.8 Å². The average molecular weight is 362 g/mol. The third-order valence-corrected chi connectivity index (χ3v) is 4.68. The van der Waals surface area contributed by atoms with Gasteiger partial charge in [0.05, 0.1) is 37.4 Å². The number of epoxide rings is 1. The number of rotatable bonds is 10. The summed E-state index contributed by atoms with van der Waals surface area (Å²) in [5.41, 5.74) is 0. The molecule has 9 nitrogen and oxygen atoms in total. The van der Waals surface area contributed by atoms with Crippen LogP contribution in [0.4, 0.5) is 0 Å².